The molecule has 2 fully saturated rings. The second kappa shape index (κ2) is 11.6. The number of nitrogens with one attached hydrogen (secondary N) is 1. The van der Waals surface area contributed by atoms with Crippen LogP contribution in [-0.2, 0) is 4.74 Å². The van der Waals surface area contributed by atoms with Gasteiger partial charge in [0.05, 0.1) is 6.10 Å². The van der Waals surface area contributed by atoms with E-state index in [-0.39, 0.29) is 36.2 Å². The maximum absolute atomic E-state index is 6.12. The summed E-state index contributed by atoms with van der Waals surface area (Å²) in [6.07, 6.45) is 3.55. The van der Waals surface area contributed by atoms with E-state index in [0.29, 0.717) is 5.92 Å². The van der Waals surface area contributed by atoms with Gasteiger partial charge < -0.3 is 19.7 Å². The van der Waals surface area contributed by atoms with Crippen LogP contribution < -0.4 is 10.1 Å². The maximum Gasteiger partial charge on any atom is 0.193 e. The molecule has 4 rings (SSSR count). The van der Waals surface area contributed by atoms with Crippen LogP contribution >= 0.6 is 24.0 Å². The van der Waals surface area contributed by atoms with Crippen molar-refractivity contribution in [3.05, 3.63) is 66.2 Å². The first-order valence-corrected chi connectivity index (χ1v) is 10.7. The zero-order valence-corrected chi connectivity index (χ0v) is 19.9. The zero-order valence-electron chi connectivity index (χ0n) is 17.6. The van der Waals surface area contributed by atoms with Crippen LogP contribution in [0, 0.1) is 5.92 Å². The Balaban J connectivity index is 0.00000256. The lowest BCUT2D eigenvalue weighted by Crippen LogP contribution is -2.48. The number of para-hydroxylation sites is 1. The third-order valence-corrected chi connectivity index (χ3v) is 5.86. The quantitative estimate of drug-likeness (QED) is 0.358. The van der Waals surface area contributed by atoms with Crippen molar-refractivity contribution < 1.29 is 9.47 Å². The molecule has 2 unspecified atom stereocenters. The molecule has 5 nitrogen and oxygen atoms in total. The first kappa shape index (κ1) is 22.9. The molecule has 0 aromatic heterocycles. The monoisotopic (exact) mass is 521 g/mol. The van der Waals surface area contributed by atoms with E-state index in [2.05, 4.69) is 45.5 Å². The van der Waals surface area contributed by atoms with Crippen molar-refractivity contribution >= 4 is 29.9 Å². The van der Waals surface area contributed by atoms with E-state index in [9.17, 15) is 0 Å². The van der Waals surface area contributed by atoms with Gasteiger partial charge in [-0.25, -0.2) is 0 Å². The van der Waals surface area contributed by atoms with Gasteiger partial charge in [0.2, 0.25) is 0 Å². The molecule has 2 saturated heterocycles. The fourth-order valence-electron chi connectivity index (χ4n) is 4.29. The van der Waals surface area contributed by atoms with E-state index in [1.54, 1.807) is 0 Å². The minimum atomic E-state index is 0. The first-order valence-electron chi connectivity index (χ1n) is 10.7. The molecule has 0 radical (unpaired) electrons. The van der Waals surface area contributed by atoms with E-state index in [1.165, 1.54) is 5.56 Å². The molecule has 1 N–H and O–H groups in total. The first-order chi connectivity index (χ1) is 14.3. The van der Waals surface area contributed by atoms with Gasteiger partial charge in [-0.15, -0.1) is 24.0 Å². The Kier molecular flexibility index (Phi) is 8.81. The van der Waals surface area contributed by atoms with E-state index in [4.69, 9.17) is 9.47 Å². The summed E-state index contributed by atoms with van der Waals surface area (Å²) >= 11 is 0. The van der Waals surface area contributed by atoms with Crippen LogP contribution in [0.3, 0.4) is 0 Å². The van der Waals surface area contributed by atoms with E-state index >= 15 is 0 Å². The predicted octanol–water partition coefficient (Wildman–Crippen LogP) is 4.50. The highest BCUT2D eigenvalue weighted by Gasteiger charge is 2.30. The fraction of sp³-hybridized carbons (Fsp3) is 0.458. The standard InChI is InChI=1S/C24H31N3O2.HI/c1-25-24(26-18-20-14-17-28-23(20)19-8-4-2-5-9-19)27-15-12-22(13-16-27)29-21-10-6-3-7-11-21;/h2-11,20,22-23H,12-18H2,1H3,(H,25,26);1H. The van der Waals surface area contributed by atoms with Crippen molar-refractivity contribution in [2.45, 2.75) is 31.5 Å². The number of aliphatic imine (C=N–C) groups is 1. The lowest BCUT2D eigenvalue weighted by atomic mass is 9.95. The Morgan fingerprint density at radius 1 is 1.03 bits per heavy atom. The summed E-state index contributed by atoms with van der Waals surface area (Å²) in [5.41, 5.74) is 1.27. The average molecular weight is 521 g/mol. The number of guanidine groups is 1. The molecule has 0 saturated carbocycles. The summed E-state index contributed by atoms with van der Waals surface area (Å²) in [5.74, 6) is 2.41. The Morgan fingerprint density at radius 2 is 1.70 bits per heavy atom. The summed E-state index contributed by atoms with van der Waals surface area (Å²) in [6, 6.07) is 20.7. The normalized spacial score (nSPS) is 22.4. The van der Waals surface area contributed by atoms with Crippen molar-refractivity contribution in [2.24, 2.45) is 10.9 Å². The molecular formula is C24H32IN3O2. The molecule has 2 heterocycles. The number of rotatable bonds is 5. The molecule has 2 aromatic carbocycles. The molecule has 30 heavy (non-hydrogen) atoms. The van der Waals surface area contributed by atoms with Gasteiger partial charge in [-0.2, -0.15) is 0 Å². The van der Waals surface area contributed by atoms with Crippen LogP contribution in [0.4, 0.5) is 0 Å². The second-order valence-corrected chi connectivity index (χ2v) is 7.80. The lowest BCUT2D eigenvalue weighted by Gasteiger charge is -2.34. The molecule has 0 amide bonds. The number of likely N-dealkylation sites (tertiary alicyclic amines) is 1. The van der Waals surface area contributed by atoms with Gasteiger partial charge in [0, 0.05) is 52.0 Å². The van der Waals surface area contributed by atoms with Crippen molar-refractivity contribution in [3.63, 3.8) is 0 Å². The average Bonchev–Trinajstić information content (AvgIpc) is 3.25. The number of hydrogen-bond acceptors (Lipinski definition) is 3. The molecule has 0 spiro atoms. The zero-order chi connectivity index (χ0) is 19.9. The summed E-state index contributed by atoms with van der Waals surface area (Å²) in [4.78, 5) is 6.87. The van der Waals surface area contributed by atoms with E-state index in [0.717, 1.165) is 57.2 Å². The number of nitrogens with zero attached hydrogens (tertiary/aromatic N) is 2. The predicted molar refractivity (Wildman–Crippen MR) is 132 cm³/mol. The fourth-order valence-corrected chi connectivity index (χ4v) is 4.29. The van der Waals surface area contributed by atoms with Crippen molar-refractivity contribution in [1.29, 1.82) is 0 Å². The third kappa shape index (κ3) is 5.88. The molecule has 0 aliphatic carbocycles. The van der Waals surface area contributed by atoms with Gasteiger partial charge >= 0.3 is 0 Å². The van der Waals surface area contributed by atoms with Crippen molar-refractivity contribution in [1.82, 2.24) is 10.2 Å². The van der Waals surface area contributed by atoms with Gasteiger partial charge in [-0.1, -0.05) is 48.5 Å². The number of piperidine rings is 1. The molecule has 6 heteroatoms. The highest BCUT2D eigenvalue weighted by Crippen LogP contribution is 2.34. The topological polar surface area (TPSA) is 46.1 Å². The number of ether oxygens (including phenoxy) is 2. The van der Waals surface area contributed by atoms with Crippen LogP contribution in [0.25, 0.3) is 0 Å². The molecular weight excluding hydrogens is 489 g/mol. The van der Waals surface area contributed by atoms with Crippen LogP contribution in [0.5, 0.6) is 5.75 Å². The van der Waals surface area contributed by atoms with Crippen LogP contribution in [-0.4, -0.2) is 50.3 Å². The number of hydrogen-bond donors (Lipinski definition) is 1. The third-order valence-electron chi connectivity index (χ3n) is 5.86. The largest absolute Gasteiger partial charge is 0.490 e. The summed E-state index contributed by atoms with van der Waals surface area (Å²) < 4.78 is 12.1. The molecule has 2 atom stereocenters. The lowest BCUT2D eigenvalue weighted by molar-refractivity contribution is 0.0910. The highest BCUT2D eigenvalue weighted by atomic mass is 127. The molecule has 162 valence electrons. The number of halogens is 1. The van der Waals surface area contributed by atoms with Gasteiger partial charge in [-0.3, -0.25) is 4.99 Å². The maximum atomic E-state index is 6.12. The molecule has 2 aliphatic heterocycles. The Morgan fingerprint density at radius 3 is 2.37 bits per heavy atom. The van der Waals surface area contributed by atoms with Crippen LogP contribution in [0.2, 0.25) is 0 Å². The smallest absolute Gasteiger partial charge is 0.193 e. The van der Waals surface area contributed by atoms with Crippen LogP contribution in [0.1, 0.15) is 30.9 Å². The van der Waals surface area contributed by atoms with Gasteiger partial charge in [0.15, 0.2) is 5.96 Å². The van der Waals surface area contributed by atoms with Gasteiger partial charge in [-0.05, 0) is 24.1 Å². The van der Waals surface area contributed by atoms with E-state index in [1.807, 2.05) is 37.4 Å². The minimum absolute atomic E-state index is 0. The highest BCUT2D eigenvalue weighted by molar-refractivity contribution is 14.0. The Labute approximate surface area is 196 Å². The van der Waals surface area contributed by atoms with Gasteiger partial charge in [0.25, 0.3) is 0 Å². The molecule has 0 bridgehead atoms. The second-order valence-electron chi connectivity index (χ2n) is 7.80. The van der Waals surface area contributed by atoms with Crippen LogP contribution in [0.15, 0.2) is 65.7 Å². The summed E-state index contributed by atoms with van der Waals surface area (Å²) in [6.45, 7) is 3.63. The van der Waals surface area contributed by atoms with Gasteiger partial charge in [0.1, 0.15) is 11.9 Å². The Bertz CT molecular complexity index is 780. The molecule has 2 aromatic rings. The SMILES string of the molecule is CN=C(NCC1CCOC1c1ccccc1)N1CCC(Oc2ccccc2)CC1.I. The minimum Gasteiger partial charge on any atom is -0.490 e. The summed E-state index contributed by atoms with van der Waals surface area (Å²) in [5, 5.41) is 3.60. The van der Waals surface area contributed by atoms with Crippen molar-refractivity contribution in [2.75, 3.05) is 33.3 Å². The Hall–Kier alpha value is -1.80. The van der Waals surface area contributed by atoms with E-state index < -0.39 is 0 Å². The summed E-state index contributed by atoms with van der Waals surface area (Å²) in [7, 11) is 1.87. The molecule has 2 aliphatic rings. The number of benzene rings is 2. The van der Waals surface area contributed by atoms with Crippen molar-refractivity contribution in [3.8, 4) is 5.75 Å².